The van der Waals surface area contributed by atoms with Crippen molar-refractivity contribution in [3.8, 4) is 0 Å². The van der Waals surface area contributed by atoms with E-state index in [0.29, 0.717) is 50.4 Å². The van der Waals surface area contributed by atoms with E-state index in [1.807, 2.05) is 16.9 Å². The van der Waals surface area contributed by atoms with Crippen LogP contribution in [0.25, 0.3) is 5.57 Å². The summed E-state index contributed by atoms with van der Waals surface area (Å²) in [6.45, 7) is 11.4. The molecule has 0 spiro atoms. The highest BCUT2D eigenvalue weighted by Gasteiger charge is 2.48. The van der Waals surface area contributed by atoms with Crippen LogP contribution in [0, 0.1) is 5.41 Å². The van der Waals surface area contributed by atoms with Crippen molar-refractivity contribution >= 4 is 66.9 Å². The number of thiol groups is 1. The first kappa shape index (κ1) is 48.8. The fourth-order valence-electron chi connectivity index (χ4n) is 8.74. The first-order chi connectivity index (χ1) is 30.8. The molecule has 2 fully saturated rings. The molecule has 2 N–H and O–H groups in total. The van der Waals surface area contributed by atoms with Gasteiger partial charge in [0.2, 0.25) is 0 Å². The number of halogens is 4. The molecule has 0 aromatic heterocycles. The molecule has 1 aliphatic carbocycles. The molecular weight excluding hydrogens is 919 g/mol. The van der Waals surface area contributed by atoms with Crippen LogP contribution in [-0.4, -0.2) is 110 Å². The van der Waals surface area contributed by atoms with Crippen LogP contribution in [0.4, 0.5) is 24.5 Å². The van der Waals surface area contributed by atoms with Crippen LogP contribution in [0.15, 0.2) is 112 Å². The minimum Gasteiger partial charge on any atom is -0.380 e. The van der Waals surface area contributed by atoms with E-state index >= 15 is 0 Å². The normalized spacial score (nSPS) is 18.8. The summed E-state index contributed by atoms with van der Waals surface area (Å²) in [7, 11) is -11.0. The lowest BCUT2D eigenvalue weighted by molar-refractivity contribution is -0.0435. The van der Waals surface area contributed by atoms with Gasteiger partial charge in [-0.3, -0.25) is 14.6 Å². The number of hydrogen-bond acceptors (Lipinski definition) is 11. The number of sulfone groups is 1. The molecule has 7 rings (SSSR count). The first-order valence-corrected chi connectivity index (χ1v) is 25.5. The fourth-order valence-corrected chi connectivity index (χ4v) is 11.3. The van der Waals surface area contributed by atoms with Gasteiger partial charge in [0.1, 0.15) is 4.90 Å². The van der Waals surface area contributed by atoms with Crippen molar-refractivity contribution in [1.29, 1.82) is 0 Å². The van der Waals surface area contributed by atoms with Crippen LogP contribution in [0.5, 0.6) is 0 Å². The van der Waals surface area contributed by atoms with Crippen molar-refractivity contribution < 1.29 is 39.5 Å². The van der Waals surface area contributed by atoms with Gasteiger partial charge in [0.25, 0.3) is 25.8 Å². The van der Waals surface area contributed by atoms with Gasteiger partial charge in [-0.25, -0.2) is 21.6 Å². The number of nitrogens with zero attached hydrogens (tertiary/aromatic N) is 3. The average Bonchev–Trinajstić information content (AvgIpc) is 3.28. The van der Waals surface area contributed by atoms with Crippen molar-refractivity contribution in [2.45, 2.75) is 66.1 Å². The van der Waals surface area contributed by atoms with Gasteiger partial charge < -0.3 is 15.0 Å². The van der Waals surface area contributed by atoms with Crippen LogP contribution in [0.3, 0.4) is 0 Å². The Morgan fingerprint density at radius 2 is 1.52 bits per heavy atom. The van der Waals surface area contributed by atoms with Crippen molar-refractivity contribution in [2.24, 2.45) is 5.41 Å². The van der Waals surface area contributed by atoms with Crippen LogP contribution in [0.1, 0.15) is 66.3 Å². The molecule has 2 heterocycles. The van der Waals surface area contributed by atoms with Crippen LogP contribution in [-0.2, 0) is 24.6 Å². The third-order valence-corrected chi connectivity index (χ3v) is 16.2. The van der Waals surface area contributed by atoms with Gasteiger partial charge in [-0.2, -0.15) is 25.8 Å². The highest BCUT2D eigenvalue weighted by molar-refractivity contribution is 7.92. The Hall–Kier alpha value is -4.10. The summed E-state index contributed by atoms with van der Waals surface area (Å²) >= 11 is 11.0. The van der Waals surface area contributed by atoms with E-state index in [1.54, 1.807) is 42.5 Å². The molecule has 11 nitrogen and oxygen atoms in total. The molecule has 0 radical (unpaired) electrons. The van der Waals surface area contributed by atoms with Gasteiger partial charge in [0.15, 0.2) is 0 Å². The summed E-state index contributed by atoms with van der Waals surface area (Å²) < 4.78 is 103. The van der Waals surface area contributed by atoms with Gasteiger partial charge in [-0.1, -0.05) is 73.5 Å². The molecule has 4 aromatic rings. The third kappa shape index (κ3) is 12.1. The predicted octanol–water partition coefficient (Wildman–Crippen LogP) is 8.71. The van der Waals surface area contributed by atoms with E-state index in [1.165, 1.54) is 28.8 Å². The Bertz CT molecular complexity index is 2550. The lowest BCUT2D eigenvalue weighted by Crippen LogP contribution is -2.47. The first-order valence-electron chi connectivity index (χ1n) is 21.7. The van der Waals surface area contributed by atoms with Gasteiger partial charge >= 0.3 is 5.51 Å². The fraction of sp³-hybridized carbons (Fsp3) is 0.426. The molecule has 2 saturated heterocycles. The Kier molecular flexibility index (Phi) is 15.3. The molecule has 1 unspecified atom stereocenters. The van der Waals surface area contributed by atoms with Crippen molar-refractivity contribution in [2.75, 3.05) is 75.8 Å². The zero-order valence-electron chi connectivity index (χ0n) is 36.4. The lowest BCUT2D eigenvalue weighted by Gasteiger charge is -2.39. The summed E-state index contributed by atoms with van der Waals surface area (Å²) in [5.74, 6) is -1.03. The number of carbonyl (C=O) groups is 1. The maximum absolute atomic E-state index is 14.2. The van der Waals surface area contributed by atoms with E-state index in [2.05, 4.69) is 46.0 Å². The number of benzene rings is 4. The molecule has 65 heavy (non-hydrogen) atoms. The topological polar surface area (TPSA) is 128 Å². The second kappa shape index (κ2) is 20.4. The molecule has 0 saturated carbocycles. The number of anilines is 2. The zero-order valence-corrected chi connectivity index (χ0v) is 39.6. The second-order valence-electron chi connectivity index (χ2n) is 17.6. The van der Waals surface area contributed by atoms with Gasteiger partial charge in [-0.15, -0.1) is 0 Å². The highest BCUT2D eigenvalue weighted by Crippen LogP contribution is 2.43. The number of rotatable bonds is 15. The Morgan fingerprint density at radius 3 is 2.17 bits per heavy atom. The number of ether oxygens (including phenoxy) is 1. The van der Waals surface area contributed by atoms with Crippen LogP contribution < -0.4 is 14.9 Å². The molecular formula is C47H55ClF3N5O6S3. The number of carbonyl (C=O) groups excluding carboxylic acids is 1. The third-order valence-electron chi connectivity index (χ3n) is 12.5. The number of nitrogens with one attached hydrogen (secondary N) is 2. The standard InChI is InChI=1S/C47H55ClF3N5O6S3/c1-46(2)20-18-40(33-8-12-37(48)13-9-33)36(31-46)32-55-22-24-56(25-23-55)38-14-10-35(11-15-38)45(57)53-65(60,61)39-16-17-41(43(30-39)64(58,59)47(49,50)51)52-42(19-21-54-26-28-62-29-27-54)44(63)34-6-4-3-5-7-34/h3-17,30,42,44,52,63H,18-29,31-32H2,1-2H3,(H,53,57)/t42-,44?/m1/s1. The van der Waals surface area contributed by atoms with E-state index in [-0.39, 0.29) is 11.0 Å². The number of sulfonamides is 1. The van der Waals surface area contributed by atoms with Crippen LogP contribution >= 0.6 is 24.2 Å². The number of allylic oxidation sites excluding steroid dienone is 1. The number of piperazine rings is 1. The lowest BCUT2D eigenvalue weighted by atomic mass is 9.73. The number of amides is 1. The Balaban J connectivity index is 1.03. The van der Waals surface area contributed by atoms with Crippen molar-refractivity contribution in [3.63, 3.8) is 0 Å². The highest BCUT2D eigenvalue weighted by atomic mass is 35.5. The van der Waals surface area contributed by atoms with Crippen molar-refractivity contribution in [3.05, 3.63) is 124 Å². The monoisotopic (exact) mass is 973 g/mol. The van der Waals surface area contributed by atoms with E-state index in [9.17, 15) is 34.8 Å². The molecule has 2 aliphatic heterocycles. The van der Waals surface area contributed by atoms with E-state index < -0.39 is 58.0 Å². The maximum atomic E-state index is 14.2. The SMILES string of the molecule is CC1(C)CCC(c2ccc(Cl)cc2)=C(CN2CCN(c3ccc(C(=O)NS(=O)(=O)c4ccc(N[C@H](CCN5CCOCC5)C(S)c5ccccc5)c(S(=O)(=O)C(F)(F)F)c4)cc3)CC2)C1. The van der Waals surface area contributed by atoms with Gasteiger partial charge in [0.05, 0.1) is 23.8 Å². The second-order valence-corrected chi connectivity index (χ2v) is 22.2. The van der Waals surface area contributed by atoms with E-state index in [0.717, 1.165) is 75.4 Å². The number of morpholine rings is 1. The minimum absolute atomic E-state index is 0.0113. The van der Waals surface area contributed by atoms with E-state index in [4.69, 9.17) is 29.0 Å². The molecule has 18 heteroatoms. The number of alkyl halides is 3. The molecule has 2 atom stereocenters. The minimum atomic E-state index is -6.09. The maximum Gasteiger partial charge on any atom is 0.501 e. The summed E-state index contributed by atoms with van der Waals surface area (Å²) in [6, 6.07) is 25.1. The molecule has 0 bridgehead atoms. The smallest absolute Gasteiger partial charge is 0.380 e. The number of hydrogen-bond donors (Lipinski definition) is 3. The summed E-state index contributed by atoms with van der Waals surface area (Å²) in [5, 5.41) is 3.08. The molecule has 4 aromatic carbocycles. The quantitative estimate of drug-likeness (QED) is 0.0997. The molecule has 1 amide bonds. The Labute approximate surface area is 390 Å². The Morgan fingerprint density at radius 1 is 0.862 bits per heavy atom. The molecule has 350 valence electrons. The van der Waals surface area contributed by atoms with Crippen molar-refractivity contribution in [1.82, 2.24) is 14.5 Å². The van der Waals surface area contributed by atoms with Gasteiger partial charge in [0, 0.05) is 79.9 Å². The average molecular weight is 975 g/mol. The van der Waals surface area contributed by atoms with Gasteiger partial charge in [-0.05, 0) is 102 Å². The summed E-state index contributed by atoms with van der Waals surface area (Å²) in [4.78, 5) is 18.0. The molecule has 3 aliphatic rings. The van der Waals surface area contributed by atoms with Crippen LogP contribution in [0.2, 0.25) is 5.02 Å². The predicted molar refractivity (Wildman–Crippen MR) is 253 cm³/mol. The largest absolute Gasteiger partial charge is 0.501 e. The zero-order chi connectivity index (χ0) is 46.6. The summed E-state index contributed by atoms with van der Waals surface area (Å²) in [5.41, 5.74) is -0.382. The summed E-state index contributed by atoms with van der Waals surface area (Å²) in [6.07, 6.45) is 3.50.